The van der Waals surface area contributed by atoms with Crippen LogP contribution in [0.3, 0.4) is 0 Å². The molecule has 0 heterocycles. The highest BCUT2D eigenvalue weighted by Gasteiger charge is 2.60. The number of esters is 3. The molecule has 4 atom stereocenters. The number of nitrogens with zero attached hydrogens (tertiary/aromatic N) is 2. The maximum atomic E-state index is 13.6. The Morgan fingerprint density at radius 3 is 2.17 bits per heavy atom. The number of fused-ring (bicyclic) bond motifs is 3. The first-order chi connectivity index (χ1) is 16.8. The van der Waals surface area contributed by atoms with Crippen molar-refractivity contribution in [2.75, 3.05) is 0 Å². The molecule has 0 aromatic heterocycles. The average Bonchev–Trinajstić information content (AvgIpc) is 3.12. The van der Waals surface area contributed by atoms with Crippen LogP contribution in [-0.4, -0.2) is 44.6 Å². The number of rotatable bonds is 3. The zero-order valence-electron chi connectivity index (χ0n) is 19.5. The Morgan fingerprint density at radius 2 is 1.61 bits per heavy atom. The molecule has 186 valence electrons. The molecule has 0 fully saturated rings. The highest BCUT2D eigenvalue weighted by molar-refractivity contribution is 5.88. The summed E-state index contributed by atoms with van der Waals surface area (Å²) in [4.78, 5) is 66.3. The molecule has 2 N–H and O–H groups in total. The third-order valence-electron chi connectivity index (χ3n) is 6.24. The Balaban J connectivity index is 2.31. The molecule has 1 aromatic rings. The van der Waals surface area contributed by atoms with Gasteiger partial charge in [0, 0.05) is 36.9 Å². The number of phenolic OH excluding ortho intramolecular Hbond substituents is 1. The summed E-state index contributed by atoms with van der Waals surface area (Å²) in [5, 5.41) is 19.8. The molecule has 12 nitrogen and oxygen atoms in total. The third kappa shape index (κ3) is 3.38. The van der Waals surface area contributed by atoms with Crippen molar-refractivity contribution in [2.45, 2.75) is 51.6 Å². The van der Waals surface area contributed by atoms with Crippen LogP contribution in [0.15, 0.2) is 27.8 Å². The maximum absolute atomic E-state index is 13.6. The van der Waals surface area contributed by atoms with E-state index in [4.69, 9.17) is 14.2 Å². The van der Waals surface area contributed by atoms with Gasteiger partial charge in [-0.2, -0.15) is 4.79 Å². The summed E-state index contributed by atoms with van der Waals surface area (Å²) in [6.45, 7) is 4.31. The molecule has 4 rings (SSSR count). The number of aliphatic hydroxyl groups excluding tert-OH is 1. The van der Waals surface area contributed by atoms with Crippen LogP contribution in [0.4, 0.5) is 0 Å². The number of ether oxygens (including phenoxy) is 3. The molecule has 0 saturated heterocycles. The lowest BCUT2D eigenvalue weighted by atomic mass is 9.75. The number of carbonyl (C=O) groups excluding carboxylic acids is 3. The molecule has 0 spiro atoms. The Hall–Kier alpha value is -4.41. The quantitative estimate of drug-likeness (QED) is 0.214. The lowest BCUT2D eigenvalue weighted by molar-refractivity contribution is -0.230. The van der Waals surface area contributed by atoms with Crippen LogP contribution >= 0.6 is 0 Å². The van der Waals surface area contributed by atoms with Gasteiger partial charge in [-0.25, -0.2) is 0 Å². The second-order valence-corrected chi connectivity index (χ2v) is 8.63. The minimum atomic E-state index is -2.08. The van der Waals surface area contributed by atoms with Gasteiger partial charge in [0.25, 0.3) is 0 Å². The van der Waals surface area contributed by atoms with Crippen molar-refractivity contribution in [1.82, 2.24) is 0 Å². The number of aromatic hydroxyl groups is 1. The van der Waals surface area contributed by atoms with E-state index in [9.17, 15) is 39.7 Å². The molecule has 12 heteroatoms. The molecule has 0 radical (unpaired) electrons. The SMILES string of the molecule is CC(=O)O[C@@H]1c2c(c3c(=O)c4cccc(O)c4c(=O)c=3c2=[N+]=[N-])[C@H](O)[C@@H](OC(C)=O)[C@]1(C)OC(C)=O. The van der Waals surface area contributed by atoms with Gasteiger partial charge in [-0.05, 0) is 13.0 Å². The van der Waals surface area contributed by atoms with Crippen molar-refractivity contribution in [1.29, 1.82) is 0 Å². The van der Waals surface area contributed by atoms with Crippen LogP contribution < -0.4 is 16.2 Å². The Kier molecular flexibility index (Phi) is 5.74. The van der Waals surface area contributed by atoms with Gasteiger partial charge in [0.05, 0.1) is 10.9 Å². The molecule has 3 aliphatic rings. The number of hydrogen-bond acceptors (Lipinski definition) is 10. The van der Waals surface area contributed by atoms with E-state index in [1.807, 2.05) is 0 Å². The summed E-state index contributed by atoms with van der Waals surface area (Å²) < 4.78 is 16.1. The Morgan fingerprint density at radius 1 is 0.972 bits per heavy atom. The van der Waals surface area contributed by atoms with Crippen molar-refractivity contribution in [3.8, 4) is 5.75 Å². The fourth-order valence-electron chi connectivity index (χ4n) is 5.04. The van der Waals surface area contributed by atoms with Gasteiger partial charge in [0.15, 0.2) is 23.2 Å². The molecule has 0 amide bonds. The molecule has 36 heavy (non-hydrogen) atoms. The van der Waals surface area contributed by atoms with Crippen LogP contribution in [-0.2, 0) is 28.6 Å². The first-order valence-corrected chi connectivity index (χ1v) is 10.7. The monoisotopic (exact) mass is 496 g/mol. The van der Waals surface area contributed by atoms with Gasteiger partial charge < -0.3 is 30.0 Å². The molecule has 1 aromatic carbocycles. The van der Waals surface area contributed by atoms with Crippen LogP contribution in [0.25, 0.3) is 16.3 Å². The van der Waals surface area contributed by atoms with E-state index in [0.717, 1.165) is 20.8 Å². The van der Waals surface area contributed by atoms with E-state index in [1.54, 1.807) is 0 Å². The predicted octanol–water partition coefficient (Wildman–Crippen LogP) is -0.0986. The second kappa shape index (κ2) is 8.36. The lowest BCUT2D eigenvalue weighted by Gasteiger charge is -2.45. The van der Waals surface area contributed by atoms with E-state index in [-0.39, 0.29) is 27.1 Å². The number of aliphatic hydroxyl groups is 1. The van der Waals surface area contributed by atoms with Crippen molar-refractivity contribution in [3.63, 3.8) is 0 Å². The summed E-state index contributed by atoms with van der Waals surface area (Å²) in [5.74, 6) is -3.19. The predicted molar refractivity (Wildman–Crippen MR) is 118 cm³/mol. The summed E-state index contributed by atoms with van der Waals surface area (Å²) in [6, 6.07) is 3.83. The topological polar surface area (TPSA) is 190 Å². The van der Waals surface area contributed by atoms with Gasteiger partial charge in [0.2, 0.25) is 5.43 Å². The van der Waals surface area contributed by atoms with Gasteiger partial charge in [0.1, 0.15) is 17.1 Å². The minimum Gasteiger partial charge on any atom is -0.507 e. The van der Waals surface area contributed by atoms with E-state index in [0.29, 0.717) is 0 Å². The fraction of sp³-hybridized carbons (Fsp3) is 0.333. The minimum absolute atomic E-state index is 0.182. The van der Waals surface area contributed by atoms with E-state index in [2.05, 4.69) is 4.79 Å². The molecule has 0 unspecified atom stereocenters. The van der Waals surface area contributed by atoms with Gasteiger partial charge in [-0.1, -0.05) is 12.1 Å². The molecular weight excluding hydrogens is 476 g/mol. The normalized spacial score (nSPS) is 23.1. The summed E-state index contributed by atoms with van der Waals surface area (Å²) in [5.41, 5.74) is 5.58. The maximum Gasteiger partial charge on any atom is 0.334 e. The standard InChI is InChI=1S/C24H20N2O10/c1-8(27)34-22-17-15(21(33)23(35-9(2)28)24(22,4)36-10(3)29)14-16(18(17)26-25)20(32)13-11(19(14)31)6-5-7-12(13)30/h5-7,21-23,30,33H,1-4H3/t21-,22+,23+,24+/m0/s1. The molecular formula is C24H20N2O10. The first-order valence-electron chi connectivity index (χ1n) is 10.7. The molecule has 3 aliphatic carbocycles. The zero-order valence-corrected chi connectivity index (χ0v) is 19.5. The number of phenols is 1. The third-order valence-corrected chi connectivity index (χ3v) is 6.24. The van der Waals surface area contributed by atoms with Crippen LogP contribution in [0, 0.1) is 10.4 Å². The smallest absolute Gasteiger partial charge is 0.334 e. The number of benzene rings is 1. The summed E-state index contributed by atoms with van der Waals surface area (Å²) in [7, 11) is 0. The molecule has 0 bridgehead atoms. The van der Waals surface area contributed by atoms with E-state index < -0.39 is 69.0 Å². The Labute approximate surface area is 201 Å². The van der Waals surface area contributed by atoms with Gasteiger partial charge in [-0.3, -0.25) is 24.0 Å². The fourth-order valence-corrected chi connectivity index (χ4v) is 5.04. The lowest BCUT2D eigenvalue weighted by Crippen LogP contribution is -2.57. The van der Waals surface area contributed by atoms with Crippen molar-refractivity contribution >= 4 is 28.7 Å². The van der Waals surface area contributed by atoms with Crippen molar-refractivity contribution < 1.29 is 43.6 Å². The average molecular weight is 496 g/mol. The van der Waals surface area contributed by atoms with Crippen LogP contribution in [0.1, 0.15) is 51.0 Å². The molecule has 0 saturated carbocycles. The van der Waals surface area contributed by atoms with Gasteiger partial charge >= 0.3 is 23.3 Å². The zero-order chi connectivity index (χ0) is 26.7. The van der Waals surface area contributed by atoms with Crippen LogP contribution in [0.5, 0.6) is 5.75 Å². The number of hydrogen-bond donors (Lipinski definition) is 2. The Bertz CT molecular complexity index is 1710. The van der Waals surface area contributed by atoms with Crippen LogP contribution in [0.2, 0.25) is 0 Å². The summed E-state index contributed by atoms with van der Waals surface area (Å²) >= 11 is 0. The highest BCUT2D eigenvalue weighted by atomic mass is 16.6. The largest absolute Gasteiger partial charge is 0.507 e. The van der Waals surface area contributed by atoms with E-state index in [1.165, 1.54) is 25.1 Å². The summed E-state index contributed by atoms with van der Waals surface area (Å²) in [6.07, 6.45) is -5.28. The second-order valence-electron chi connectivity index (χ2n) is 8.63. The molecule has 0 aliphatic heterocycles. The van der Waals surface area contributed by atoms with Crippen molar-refractivity contribution in [3.05, 3.63) is 71.1 Å². The van der Waals surface area contributed by atoms with Gasteiger partial charge in [-0.15, -0.1) is 0 Å². The number of carbonyl (C=O) groups is 3. The first kappa shape index (κ1) is 24.7. The van der Waals surface area contributed by atoms with E-state index >= 15 is 0 Å². The van der Waals surface area contributed by atoms with Crippen molar-refractivity contribution in [2.24, 2.45) is 0 Å². The highest BCUT2D eigenvalue weighted by Crippen LogP contribution is 2.48.